The molecule has 2 unspecified atom stereocenters. The third kappa shape index (κ3) is 4.16. The first kappa shape index (κ1) is 16.2. The summed E-state index contributed by atoms with van der Waals surface area (Å²) in [6.07, 6.45) is 9.04. The summed E-state index contributed by atoms with van der Waals surface area (Å²) in [7, 11) is 4.42. The second-order valence-corrected chi connectivity index (χ2v) is 6.82. The van der Waals surface area contributed by atoms with Crippen molar-refractivity contribution >= 4 is 5.82 Å². The van der Waals surface area contributed by atoms with Crippen LogP contribution in [-0.4, -0.2) is 41.0 Å². The molecule has 1 aliphatic rings. The molecule has 118 valence electrons. The van der Waals surface area contributed by atoms with Crippen LogP contribution in [0.2, 0.25) is 0 Å². The van der Waals surface area contributed by atoms with Crippen molar-refractivity contribution in [1.82, 2.24) is 14.9 Å². The molecular weight excluding hydrogens is 260 g/mol. The van der Waals surface area contributed by atoms with Crippen molar-refractivity contribution in [3.05, 3.63) is 18.1 Å². The minimum absolute atomic E-state index is 0.257. The number of anilines is 1. The lowest BCUT2D eigenvalue weighted by molar-refractivity contribution is 0.0881. The Morgan fingerprint density at radius 3 is 2.86 bits per heavy atom. The van der Waals surface area contributed by atoms with E-state index in [1.165, 1.54) is 25.7 Å². The molecular formula is C17H30N4. The summed E-state index contributed by atoms with van der Waals surface area (Å²) < 4.78 is 0. The fourth-order valence-electron chi connectivity index (χ4n) is 3.50. The molecule has 0 aliphatic heterocycles. The average molecular weight is 290 g/mol. The van der Waals surface area contributed by atoms with Crippen LogP contribution >= 0.6 is 0 Å². The number of aromatic nitrogens is 2. The molecule has 1 heterocycles. The summed E-state index contributed by atoms with van der Waals surface area (Å²) in [4.78, 5) is 11.1. The first-order valence-corrected chi connectivity index (χ1v) is 8.28. The highest BCUT2D eigenvalue weighted by molar-refractivity contribution is 5.35. The zero-order valence-electron chi connectivity index (χ0n) is 14.0. The van der Waals surface area contributed by atoms with Gasteiger partial charge in [0.05, 0.1) is 0 Å². The fraction of sp³-hybridized carbons (Fsp3) is 0.765. The van der Waals surface area contributed by atoms with Gasteiger partial charge in [0.25, 0.3) is 0 Å². The zero-order chi connectivity index (χ0) is 15.3. The van der Waals surface area contributed by atoms with Crippen LogP contribution in [0.1, 0.15) is 51.6 Å². The summed E-state index contributed by atoms with van der Waals surface area (Å²) in [6, 6.07) is 2.10. The molecule has 2 rings (SSSR count). The predicted octanol–water partition coefficient (Wildman–Crippen LogP) is 3.35. The number of nitrogens with one attached hydrogen (secondary N) is 1. The second kappa shape index (κ2) is 7.21. The molecule has 0 spiro atoms. The maximum Gasteiger partial charge on any atom is 0.129 e. The summed E-state index contributed by atoms with van der Waals surface area (Å²) in [5.74, 6) is 1.77. The van der Waals surface area contributed by atoms with Gasteiger partial charge in [-0.3, -0.25) is 0 Å². The monoisotopic (exact) mass is 290 g/mol. The van der Waals surface area contributed by atoms with Gasteiger partial charge in [0.15, 0.2) is 0 Å². The number of aryl methyl sites for hydroxylation is 1. The van der Waals surface area contributed by atoms with Gasteiger partial charge in [0.2, 0.25) is 0 Å². The standard InChI is InChI=1S/C17H30N4/c1-5-7-15-10-16(20-13-19-15)18-12-17(21(3)4)9-6-8-14(2)11-17/h10,13-14H,5-9,11-12H2,1-4H3,(H,18,19,20). The molecule has 0 saturated heterocycles. The minimum Gasteiger partial charge on any atom is -0.368 e. The number of hydrogen-bond donors (Lipinski definition) is 1. The highest BCUT2D eigenvalue weighted by Gasteiger charge is 2.36. The number of nitrogens with zero attached hydrogens (tertiary/aromatic N) is 3. The lowest BCUT2D eigenvalue weighted by Crippen LogP contribution is -2.52. The molecule has 1 aliphatic carbocycles. The third-order valence-corrected chi connectivity index (χ3v) is 4.84. The Labute approximate surface area is 129 Å². The number of hydrogen-bond acceptors (Lipinski definition) is 4. The van der Waals surface area contributed by atoms with E-state index in [4.69, 9.17) is 0 Å². The molecule has 4 heteroatoms. The van der Waals surface area contributed by atoms with Gasteiger partial charge < -0.3 is 10.2 Å². The van der Waals surface area contributed by atoms with E-state index >= 15 is 0 Å². The van der Waals surface area contributed by atoms with Gasteiger partial charge in [-0.05, 0) is 39.3 Å². The van der Waals surface area contributed by atoms with Gasteiger partial charge in [-0.25, -0.2) is 9.97 Å². The van der Waals surface area contributed by atoms with Crippen molar-refractivity contribution in [1.29, 1.82) is 0 Å². The van der Waals surface area contributed by atoms with Crippen LogP contribution in [0.4, 0.5) is 5.82 Å². The molecule has 0 bridgehead atoms. The van der Waals surface area contributed by atoms with E-state index in [1.807, 2.05) is 0 Å². The Morgan fingerprint density at radius 2 is 2.19 bits per heavy atom. The summed E-state index contributed by atoms with van der Waals surface area (Å²) in [5.41, 5.74) is 1.39. The van der Waals surface area contributed by atoms with Crippen LogP contribution in [0, 0.1) is 5.92 Å². The number of likely N-dealkylation sites (N-methyl/N-ethyl adjacent to an activating group) is 1. The lowest BCUT2D eigenvalue weighted by Gasteiger charge is -2.45. The van der Waals surface area contributed by atoms with Crippen LogP contribution in [0.25, 0.3) is 0 Å². The van der Waals surface area contributed by atoms with Gasteiger partial charge >= 0.3 is 0 Å². The molecule has 1 aromatic rings. The smallest absolute Gasteiger partial charge is 0.129 e. The van der Waals surface area contributed by atoms with E-state index in [9.17, 15) is 0 Å². The predicted molar refractivity (Wildman–Crippen MR) is 88.6 cm³/mol. The van der Waals surface area contributed by atoms with Crippen LogP contribution in [-0.2, 0) is 6.42 Å². The fourth-order valence-corrected chi connectivity index (χ4v) is 3.50. The van der Waals surface area contributed by atoms with Crippen LogP contribution < -0.4 is 5.32 Å². The van der Waals surface area contributed by atoms with Crippen LogP contribution in [0.15, 0.2) is 12.4 Å². The first-order chi connectivity index (χ1) is 10.1. The van der Waals surface area contributed by atoms with Crippen molar-refractivity contribution in [3.8, 4) is 0 Å². The SMILES string of the molecule is CCCc1cc(NCC2(N(C)C)CCCC(C)C2)ncn1. The lowest BCUT2D eigenvalue weighted by atomic mass is 9.75. The molecule has 1 aromatic heterocycles. The molecule has 0 radical (unpaired) electrons. The molecule has 1 saturated carbocycles. The molecule has 21 heavy (non-hydrogen) atoms. The largest absolute Gasteiger partial charge is 0.368 e. The van der Waals surface area contributed by atoms with Crippen molar-refractivity contribution in [2.24, 2.45) is 5.92 Å². The van der Waals surface area contributed by atoms with Gasteiger partial charge in [-0.2, -0.15) is 0 Å². The molecule has 1 fully saturated rings. The van der Waals surface area contributed by atoms with Gasteiger partial charge in [0.1, 0.15) is 12.1 Å². The first-order valence-electron chi connectivity index (χ1n) is 8.28. The van der Waals surface area contributed by atoms with E-state index < -0.39 is 0 Å². The van der Waals surface area contributed by atoms with Crippen LogP contribution in [0.3, 0.4) is 0 Å². The van der Waals surface area contributed by atoms with Crippen LogP contribution in [0.5, 0.6) is 0 Å². The van der Waals surface area contributed by atoms with Gasteiger partial charge in [-0.1, -0.05) is 33.1 Å². The van der Waals surface area contributed by atoms with Gasteiger partial charge in [0, 0.05) is 23.8 Å². The molecule has 4 nitrogen and oxygen atoms in total. The van der Waals surface area contributed by atoms with Crippen molar-refractivity contribution in [2.75, 3.05) is 26.0 Å². The van der Waals surface area contributed by atoms with E-state index in [1.54, 1.807) is 6.33 Å². The Bertz CT molecular complexity index is 446. The Morgan fingerprint density at radius 1 is 1.38 bits per heavy atom. The van der Waals surface area contributed by atoms with Crippen molar-refractivity contribution in [3.63, 3.8) is 0 Å². The zero-order valence-corrected chi connectivity index (χ0v) is 14.0. The van der Waals surface area contributed by atoms with E-state index in [2.05, 4.69) is 54.2 Å². The summed E-state index contributed by atoms with van der Waals surface area (Å²) in [5, 5.41) is 3.56. The molecule has 0 amide bonds. The molecule has 0 aromatic carbocycles. The topological polar surface area (TPSA) is 41.0 Å². The van der Waals surface area contributed by atoms with Crippen molar-refractivity contribution in [2.45, 2.75) is 57.9 Å². The Hall–Kier alpha value is -1.16. The summed E-state index contributed by atoms with van der Waals surface area (Å²) >= 11 is 0. The minimum atomic E-state index is 0.257. The molecule has 2 atom stereocenters. The Kier molecular flexibility index (Phi) is 5.57. The molecule has 1 N–H and O–H groups in total. The Balaban J connectivity index is 2.03. The number of rotatable bonds is 6. The average Bonchev–Trinajstić information content (AvgIpc) is 2.46. The highest BCUT2D eigenvalue weighted by atomic mass is 15.2. The second-order valence-electron chi connectivity index (χ2n) is 6.82. The maximum atomic E-state index is 4.37. The highest BCUT2D eigenvalue weighted by Crippen LogP contribution is 2.35. The van der Waals surface area contributed by atoms with Crippen molar-refractivity contribution < 1.29 is 0 Å². The quantitative estimate of drug-likeness (QED) is 0.872. The normalized spacial score (nSPS) is 26.0. The summed E-state index contributed by atoms with van der Waals surface area (Å²) in [6.45, 7) is 5.52. The third-order valence-electron chi connectivity index (χ3n) is 4.84. The van der Waals surface area contributed by atoms with E-state index in [0.29, 0.717) is 0 Å². The maximum absolute atomic E-state index is 4.37. The van der Waals surface area contributed by atoms with Gasteiger partial charge in [-0.15, -0.1) is 0 Å². The van der Waals surface area contributed by atoms with E-state index in [0.717, 1.165) is 36.8 Å². The van der Waals surface area contributed by atoms with E-state index in [-0.39, 0.29) is 5.54 Å².